The first-order valence-corrected chi connectivity index (χ1v) is 14.9. The summed E-state index contributed by atoms with van der Waals surface area (Å²) in [4.78, 5) is 39.6. The van der Waals surface area contributed by atoms with Crippen LogP contribution in [0.15, 0.2) is 94.5 Å². The number of nitrogens with zero attached hydrogens (tertiary/aromatic N) is 3. The zero-order chi connectivity index (χ0) is 29.3. The number of carboxylic acids is 1. The van der Waals surface area contributed by atoms with Crippen LogP contribution in [0.25, 0.3) is 10.9 Å². The van der Waals surface area contributed by atoms with Gasteiger partial charge in [-0.05, 0) is 61.9 Å². The maximum absolute atomic E-state index is 13.3. The number of aliphatic carboxylic acids is 1. The highest BCUT2D eigenvalue weighted by Gasteiger charge is 2.24. The molecule has 8 heteroatoms. The Hall–Kier alpha value is -4.01. The summed E-state index contributed by atoms with van der Waals surface area (Å²) in [6.45, 7) is 3.49. The molecule has 0 unspecified atom stereocenters. The lowest BCUT2D eigenvalue weighted by Gasteiger charge is -2.34. The molecule has 0 spiro atoms. The van der Waals surface area contributed by atoms with E-state index < -0.39 is 5.97 Å². The lowest BCUT2D eigenvalue weighted by atomic mass is 10.00. The van der Waals surface area contributed by atoms with Gasteiger partial charge in [-0.2, -0.15) is 0 Å². The standard InChI is InChI=1S/C34H39N3O5/c38-31(39)18-11-23-37-33(40)29-16-7-8-17-30(29)36(34(37)41)22-10-9-21-35-24-19-28(20-25-35)42-32(26-12-3-1-4-13-26)27-14-5-2-6-15-27/h1-8,12-17,28,32H,9-11,18-25H2,(H,38,39). The van der Waals surface area contributed by atoms with Crippen LogP contribution in [0.4, 0.5) is 0 Å². The minimum Gasteiger partial charge on any atom is -0.481 e. The number of fused-ring (bicyclic) bond motifs is 1. The van der Waals surface area contributed by atoms with Crippen LogP contribution in [0.5, 0.6) is 0 Å². The third-order valence-electron chi connectivity index (χ3n) is 8.08. The van der Waals surface area contributed by atoms with Gasteiger partial charge in [-0.25, -0.2) is 4.79 Å². The van der Waals surface area contributed by atoms with Gasteiger partial charge in [-0.1, -0.05) is 72.8 Å². The van der Waals surface area contributed by atoms with Gasteiger partial charge in [0, 0.05) is 32.6 Å². The second kappa shape index (κ2) is 14.2. The van der Waals surface area contributed by atoms with Crippen molar-refractivity contribution in [1.29, 1.82) is 0 Å². The third-order valence-corrected chi connectivity index (χ3v) is 8.08. The molecular formula is C34H39N3O5. The molecule has 8 nitrogen and oxygen atoms in total. The van der Waals surface area contributed by atoms with Crippen LogP contribution in [-0.4, -0.2) is 50.8 Å². The predicted octanol–water partition coefficient (Wildman–Crippen LogP) is 5.08. The second-order valence-corrected chi connectivity index (χ2v) is 11.0. The maximum atomic E-state index is 13.3. The topological polar surface area (TPSA) is 93.8 Å². The summed E-state index contributed by atoms with van der Waals surface area (Å²) in [5.41, 5.74) is 2.24. The highest BCUT2D eigenvalue weighted by molar-refractivity contribution is 5.77. The largest absolute Gasteiger partial charge is 0.481 e. The van der Waals surface area contributed by atoms with Crippen LogP contribution in [-0.2, 0) is 22.6 Å². The lowest BCUT2D eigenvalue weighted by molar-refractivity contribution is -0.137. The van der Waals surface area contributed by atoms with E-state index in [1.54, 1.807) is 16.7 Å². The molecule has 1 fully saturated rings. The molecule has 0 bridgehead atoms. The average Bonchev–Trinajstić information content (AvgIpc) is 3.02. The molecular weight excluding hydrogens is 530 g/mol. The van der Waals surface area contributed by atoms with Crippen LogP contribution in [0, 0.1) is 0 Å². The summed E-state index contributed by atoms with van der Waals surface area (Å²) in [6, 6.07) is 28.0. The summed E-state index contributed by atoms with van der Waals surface area (Å²) in [6.07, 6.45) is 3.95. The third kappa shape index (κ3) is 7.24. The Morgan fingerprint density at radius 1 is 0.762 bits per heavy atom. The molecule has 3 aromatic carbocycles. The summed E-state index contributed by atoms with van der Waals surface area (Å²) in [5.74, 6) is -0.938. The quantitative estimate of drug-likeness (QED) is 0.226. The Kier molecular flexibility index (Phi) is 10.0. The number of hydrogen-bond donors (Lipinski definition) is 1. The van der Waals surface area contributed by atoms with Crippen molar-refractivity contribution >= 4 is 16.9 Å². The van der Waals surface area contributed by atoms with Crippen LogP contribution in [0.1, 0.15) is 55.8 Å². The molecule has 0 saturated carbocycles. The van der Waals surface area contributed by atoms with E-state index in [1.807, 2.05) is 24.3 Å². The van der Waals surface area contributed by atoms with Crippen molar-refractivity contribution in [3.63, 3.8) is 0 Å². The van der Waals surface area contributed by atoms with Gasteiger partial charge in [0.15, 0.2) is 0 Å². The fraction of sp³-hybridized carbons (Fsp3) is 0.382. The Balaban J connectivity index is 1.15. The number of likely N-dealkylation sites (tertiary alicyclic amines) is 1. The first-order valence-electron chi connectivity index (χ1n) is 14.9. The first kappa shape index (κ1) is 29.5. The van der Waals surface area contributed by atoms with Gasteiger partial charge in [0.05, 0.1) is 17.0 Å². The van der Waals surface area contributed by atoms with Gasteiger partial charge in [0.1, 0.15) is 6.10 Å². The summed E-state index contributed by atoms with van der Waals surface area (Å²) < 4.78 is 9.55. The van der Waals surface area contributed by atoms with Crippen molar-refractivity contribution in [1.82, 2.24) is 14.0 Å². The molecule has 0 aliphatic carbocycles. The second-order valence-electron chi connectivity index (χ2n) is 11.0. The van der Waals surface area contributed by atoms with Crippen molar-refractivity contribution in [2.75, 3.05) is 19.6 Å². The van der Waals surface area contributed by atoms with Crippen molar-refractivity contribution in [3.05, 3.63) is 117 Å². The van der Waals surface area contributed by atoms with E-state index in [2.05, 4.69) is 53.4 Å². The Bertz CT molecular complexity index is 1530. The molecule has 1 aromatic heterocycles. The number of benzene rings is 3. The number of para-hydroxylation sites is 1. The summed E-state index contributed by atoms with van der Waals surface area (Å²) >= 11 is 0. The molecule has 42 heavy (non-hydrogen) atoms. The number of carboxylic acid groups (broad SMARTS) is 1. The fourth-order valence-electron chi connectivity index (χ4n) is 5.84. The zero-order valence-corrected chi connectivity index (χ0v) is 23.9. The van der Waals surface area contributed by atoms with Crippen molar-refractivity contribution < 1.29 is 14.6 Å². The number of aromatic nitrogens is 2. The lowest BCUT2D eigenvalue weighted by Crippen LogP contribution is -2.40. The minimum atomic E-state index is -0.938. The van der Waals surface area contributed by atoms with Crippen LogP contribution < -0.4 is 11.2 Å². The van der Waals surface area contributed by atoms with Gasteiger partial charge in [-0.15, -0.1) is 0 Å². The highest BCUT2D eigenvalue weighted by atomic mass is 16.5. The van der Waals surface area contributed by atoms with E-state index in [0.29, 0.717) is 17.4 Å². The number of rotatable bonds is 13. The summed E-state index contributed by atoms with van der Waals surface area (Å²) in [7, 11) is 0. The van der Waals surface area contributed by atoms with Crippen molar-refractivity contribution in [2.45, 2.75) is 63.8 Å². The van der Waals surface area contributed by atoms with E-state index in [1.165, 1.54) is 15.7 Å². The number of piperidine rings is 1. The van der Waals surface area contributed by atoms with Crippen LogP contribution in [0.2, 0.25) is 0 Å². The monoisotopic (exact) mass is 569 g/mol. The normalized spacial score (nSPS) is 14.5. The van der Waals surface area contributed by atoms with Gasteiger partial charge in [0.2, 0.25) is 0 Å². The molecule has 0 radical (unpaired) electrons. The molecule has 220 valence electrons. The van der Waals surface area contributed by atoms with E-state index in [9.17, 15) is 14.4 Å². The van der Waals surface area contributed by atoms with Crippen LogP contribution >= 0.6 is 0 Å². The summed E-state index contributed by atoms with van der Waals surface area (Å²) in [5, 5.41) is 9.46. The number of ether oxygens (including phenoxy) is 1. The van der Waals surface area contributed by atoms with Gasteiger partial charge >= 0.3 is 11.7 Å². The predicted molar refractivity (Wildman–Crippen MR) is 164 cm³/mol. The van der Waals surface area contributed by atoms with Crippen LogP contribution in [0.3, 0.4) is 0 Å². The molecule has 2 heterocycles. The molecule has 1 N–H and O–H groups in total. The fourth-order valence-corrected chi connectivity index (χ4v) is 5.84. The van der Waals surface area contributed by atoms with Gasteiger partial charge in [-0.3, -0.25) is 18.7 Å². The molecule has 5 rings (SSSR count). The first-order chi connectivity index (χ1) is 20.5. The molecule has 1 saturated heterocycles. The number of aryl methyl sites for hydroxylation is 1. The Labute approximate surface area is 245 Å². The number of unbranched alkanes of at least 4 members (excludes halogenated alkanes) is 1. The van der Waals surface area contributed by atoms with Crippen molar-refractivity contribution in [2.24, 2.45) is 0 Å². The zero-order valence-electron chi connectivity index (χ0n) is 23.9. The molecule has 1 aliphatic rings. The Morgan fingerprint density at radius 3 is 1.98 bits per heavy atom. The Morgan fingerprint density at radius 2 is 1.33 bits per heavy atom. The maximum Gasteiger partial charge on any atom is 0.331 e. The van der Waals surface area contributed by atoms with E-state index >= 15 is 0 Å². The average molecular weight is 570 g/mol. The van der Waals surface area contributed by atoms with E-state index in [4.69, 9.17) is 9.84 Å². The van der Waals surface area contributed by atoms with Crippen molar-refractivity contribution in [3.8, 4) is 0 Å². The van der Waals surface area contributed by atoms with Gasteiger partial charge < -0.3 is 14.7 Å². The molecule has 0 amide bonds. The number of hydrogen-bond acceptors (Lipinski definition) is 5. The minimum absolute atomic E-state index is 0.0792. The van der Waals surface area contributed by atoms with Gasteiger partial charge in [0.25, 0.3) is 5.56 Å². The molecule has 1 aliphatic heterocycles. The highest BCUT2D eigenvalue weighted by Crippen LogP contribution is 2.30. The number of carbonyl (C=O) groups is 1. The SMILES string of the molecule is O=C(O)CCCn1c(=O)c2ccccc2n(CCCCN2CCC(OC(c3ccccc3)c3ccccc3)CC2)c1=O. The smallest absolute Gasteiger partial charge is 0.331 e. The molecule has 0 atom stereocenters. The van der Waals surface area contributed by atoms with E-state index in [-0.39, 0.29) is 42.8 Å². The molecule has 4 aromatic rings. The van der Waals surface area contributed by atoms with E-state index in [0.717, 1.165) is 45.3 Å².